The first kappa shape index (κ1) is 18.8. The third-order valence-corrected chi connectivity index (χ3v) is 3.56. The summed E-state index contributed by atoms with van der Waals surface area (Å²) in [4.78, 5) is 24.5. The molecular weight excluding hydrogens is 322 g/mol. The van der Waals surface area contributed by atoms with Crippen LogP contribution in [0.15, 0.2) is 22.6 Å². The predicted octanol–water partition coefficient (Wildman–Crippen LogP) is 3.60. The molecular formula is C19H25NO5. The average molecular weight is 347 g/mol. The lowest BCUT2D eigenvalue weighted by Gasteiger charge is -2.23. The van der Waals surface area contributed by atoms with E-state index >= 15 is 0 Å². The van der Waals surface area contributed by atoms with Gasteiger partial charge in [-0.2, -0.15) is 0 Å². The van der Waals surface area contributed by atoms with Crippen molar-refractivity contribution in [2.45, 2.75) is 53.2 Å². The molecule has 1 amide bonds. The molecule has 2 aromatic rings. The largest absolute Gasteiger partial charge is 0.494 e. The van der Waals surface area contributed by atoms with E-state index in [0.29, 0.717) is 23.5 Å². The van der Waals surface area contributed by atoms with Crippen LogP contribution in [0.2, 0.25) is 0 Å². The Hall–Kier alpha value is -2.50. The minimum absolute atomic E-state index is 0.0963. The van der Waals surface area contributed by atoms with Gasteiger partial charge in [-0.1, -0.05) is 0 Å². The second-order valence-corrected chi connectivity index (χ2v) is 6.93. The Morgan fingerprint density at radius 3 is 2.56 bits per heavy atom. The first-order chi connectivity index (χ1) is 11.6. The van der Waals surface area contributed by atoms with Gasteiger partial charge in [0.15, 0.2) is 6.10 Å². The fourth-order valence-corrected chi connectivity index (χ4v) is 2.39. The molecule has 0 saturated carbocycles. The van der Waals surface area contributed by atoms with Gasteiger partial charge in [0.05, 0.1) is 6.61 Å². The van der Waals surface area contributed by atoms with Gasteiger partial charge in [0, 0.05) is 16.5 Å². The molecule has 0 radical (unpaired) electrons. The average Bonchev–Trinajstić information content (AvgIpc) is 2.83. The van der Waals surface area contributed by atoms with Gasteiger partial charge in [-0.15, -0.1) is 0 Å². The number of hydrogen-bond acceptors (Lipinski definition) is 5. The number of amides is 1. The van der Waals surface area contributed by atoms with Crippen LogP contribution in [0, 0.1) is 6.92 Å². The highest BCUT2D eigenvalue weighted by Crippen LogP contribution is 2.29. The molecule has 6 nitrogen and oxygen atoms in total. The van der Waals surface area contributed by atoms with E-state index in [2.05, 4.69) is 5.32 Å². The third kappa shape index (κ3) is 4.53. The molecule has 1 aromatic carbocycles. The maximum Gasteiger partial charge on any atom is 0.375 e. The van der Waals surface area contributed by atoms with E-state index in [0.717, 1.165) is 5.39 Å². The number of hydrogen-bond donors (Lipinski definition) is 1. The lowest BCUT2D eigenvalue weighted by atomic mass is 10.1. The first-order valence-electron chi connectivity index (χ1n) is 8.31. The van der Waals surface area contributed by atoms with Crippen LogP contribution in [0.4, 0.5) is 0 Å². The van der Waals surface area contributed by atoms with Crippen LogP contribution in [0.5, 0.6) is 5.75 Å². The molecule has 6 heteroatoms. The zero-order valence-electron chi connectivity index (χ0n) is 15.6. The number of furan rings is 1. The van der Waals surface area contributed by atoms with E-state index in [1.165, 1.54) is 6.92 Å². The molecule has 0 aliphatic heterocycles. The van der Waals surface area contributed by atoms with Gasteiger partial charge in [0.25, 0.3) is 5.91 Å². The van der Waals surface area contributed by atoms with Crippen LogP contribution < -0.4 is 10.1 Å². The maximum atomic E-state index is 12.4. The Balaban J connectivity index is 2.19. The molecule has 1 aromatic heterocycles. The number of esters is 1. The molecule has 136 valence electrons. The topological polar surface area (TPSA) is 77.8 Å². The molecule has 0 fully saturated rings. The standard InChI is InChI=1S/C19H25NO5/c1-7-23-13-8-9-15-14(10-13)11(2)16(25-15)18(22)24-12(3)17(21)20-19(4,5)6/h8-10,12H,7H2,1-6H3,(H,20,21)/t12-/m0/s1. The molecule has 1 heterocycles. The summed E-state index contributed by atoms with van der Waals surface area (Å²) in [5.74, 6) is -0.215. The molecule has 0 aliphatic carbocycles. The molecule has 1 atom stereocenters. The number of carbonyl (C=O) groups excluding carboxylic acids is 2. The summed E-state index contributed by atoms with van der Waals surface area (Å²) in [7, 11) is 0. The molecule has 0 unspecified atom stereocenters. The van der Waals surface area contributed by atoms with Gasteiger partial charge < -0.3 is 19.2 Å². The molecule has 1 N–H and O–H groups in total. The van der Waals surface area contributed by atoms with E-state index < -0.39 is 17.6 Å². The molecule has 2 rings (SSSR count). The zero-order valence-corrected chi connectivity index (χ0v) is 15.6. The summed E-state index contributed by atoms with van der Waals surface area (Å²) in [5, 5.41) is 3.56. The summed E-state index contributed by atoms with van der Waals surface area (Å²) < 4.78 is 16.3. The quantitative estimate of drug-likeness (QED) is 0.836. The van der Waals surface area contributed by atoms with Gasteiger partial charge in [-0.3, -0.25) is 4.79 Å². The minimum Gasteiger partial charge on any atom is -0.494 e. The Labute approximate surface area is 147 Å². The van der Waals surface area contributed by atoms with Gasteiger partial charge in [0.1, 0.15) is 11.3 Å². The second kappa shape index (κ2) is 7.17. The highest BCUT2D eigenvalue weighted by Gasteiger charge is 2.26. The number of carbonyl (C=O) groups is 2. The Kier molecular flexibility index (Phi) is 5.40. The monoisotopic (exact) mass is 347 g/mol. The van der Waals surface area contributed by atoms with E-state index in [1.54, 1.807) is 19.1 Å². The van der Waals surface area contributed by atoms with Gasteiger partial charge in [-0.25, -0.2) is 4.79 Å². The number of rotatable bonds is 5. The zero-order chi connectivity index (χ0) is 18.8. The molecule has 25 heavy (non-hydrogen) atoms. The van der Waals surface area contributed by atoms with Crippen LogP contribution in [-0.4, -0.2) is 30.1 Å². The van der Waals surface area contributed by atoms with Crippen molar-refractivity contribution in [3.05, 3.63) is 29.5 Å². The van der Waals surface area contributed by atoms with Crippen LogP contribution in [0.25, 0.3) is 11.0 Å². The van der Waals surface area contributed by atoms with Crippen molar-refractivity contribution < 1.29 is 23.5 Å². The second-order valence-electron chi connectivity index (χ2n) is 6.93. The number of aryl methyl sites for hydroxylation is 1. The third-order valence-electron chi connectivity index (χ3n) is 3.56. The van der Waals surface area contributed by atoms with Crippen LogP contribution in [0.1, 0.15) is 50.7 Å². The van der Waals surface area contributed by atoms with E-state index in [1.807, 2.05) is 33.8 Å². The molecule has 0 aliphatic rings. The minimum atomic E-state index is -0.918. The van der Waals surface area contributed by atoms with E-state index in [9.17, 15) is 9.59 Å². The van der Waals surface area contributed by atoms with Crippen LogP contribution in [-0.2, 0) is 9.53 Å². The van der Waals surface area contributed by atoms with Gasteiger partial charge >= 0.3 is 5.97 Å². The van der Waals surface area contributed by atoms with E-state index in [-0.39, 0.29) is 11.7 Å². The van der Waals surface area contributed by atoms with Crippen LogP contribution in [0.3, 0.4) is 0 Å². The fraction of sp³-hybridized carbons (Fsp3) is 0.474. The van der Waals surface area contributed by atoms with Gasteiger partial charge in [0.2, 0.25) is 5.76 Å². The summed E-state index contributed by atoms with van der Waals surface area (Å²) in [5.41, 5.74) is 0.826. The van der Waals surface area contributed by atoms with Crippen molar-refractivity contribution in [2.75, 3.05) is 6.61 Å². The van der Waals surface area contributed by atoms with Crippen molar-refractivity contribution in [3.8, 4) is 5.75 Å². The maximum absolute atomic E-state index is 12.4. The highest BCUT2D eigenvalue weighted by molar-refractivity contribution is 5.97. The summed E-state index contributed by atoms with van der Waals surface area (Å²) in [6.45, 7) is 11.3. The number of benzene rings is 1. The lowest BCUT2D eigenvalue weighted by molar-refractivity contribution is -0.130. The number of nitrogens with one attached hydrogen (secondary N) is 1. The highest BCUT2D eigenvalue weighted by atomic mass is 16.6. The SMILES string of the molecule is CCOc1ccc2oc(C(=O)O[C@@H](C)C(=O)NC(C)(C)C)c(C)c2c1. The molecule has 0 spiro atoms. The number of fused-ring (bicyclic) bond motifs is 1. The molecule has 0 saturated heterocycles. The molecule has 0 bridgehead atoms. The Morgan fingerprint density at radius 2 is 1.96 bits per heavy atom. The summed E-state index contributed by atoms with van der Waals surface area (Å²) in [6.07, 6.45) is -0.918. The first-order valence-corrected chi connectivity index (χ1v) is 8.31. The summed E-state index contributed by atoms with van der Waals surface area (Å²) >= 11 is 0. The van der Waals surface area contributed by atoms with Gasteiger partial charge in [-0.05, 0) is 59.7 Å². The normalized spacial score (nSPS) is 12.7. The number of ether oxygens (including phenoxy) is 2. The predicted molar refractivity (Wildman–Crippen MR) is 94.9 cm³/mol. The van der Waals surface area contributed by atoms with Crippen molar-refractivity contribution in [2.24, 2.45) is 0 Å². The van der Waals surface area contributed by atoms with E-state index in [4.69, 9.17) is 13.9 Å². The lowest BCUT2D eigenvalue weighted by Crippen LogP contribution is -2.46. The van der Waals surface area contributed by atoms with Crippen molar-refractivity contribution in [3.63, 3.8) is 0 Å². The van der Waals surface area contributed by atoms with Crippen molar-refractivity contribution >= 4 is 22.8 Å². The van der Waals surface area contributed by atoms with Crippen LogP contribution >= 0.6 is 0 Å². The Morgan fingerprint density at radius 1 is 1.28 bits per heavy atom. The summed E-state index contributed by atoms with van der Waals surface area (Å²) in [6, 6.07) is 5.35. The van der Waals surface area contributed by atoms with Crippen molar-refractivity contribution in [1.29, 1.82) is 0 Å². The smallest absolute Gasteiger partial charge is 0.375 e. The fourth-order valence-electron chi connectivity index (χ4n) is 2.39. The Bertz CT molecular complexity index is 785. The van der Waals surface area contributed by atoms with Crippen molar-refractivity contribution in [1.82, 2.24) is 5.32 Å².